The molecule has 1 aliphatic heterocycles. The van der Waals surface area contributed by atoms with Crippen molar-refractivity contribution in [3.05, 3.63) is 35.9 Å². The van der Waals surface area contributed by atoms with Gasteiger partial charge in [0, 0.05) is 0 Å². The standard InChI is InChI=1S/C14H18O4/c1-14(2,3)13(15)18-12-11(17-12)16-9-10-7-5-4-6-8-10/h4-8,11-12H,9H2,1-3H3/t11-,12-/m0/s1. The Morgan fingerprint density at radius 3 is 2.50 bits per heavy atom. The van der Waals surface area contributed by atoms with Crippen LogP contribution in [0.5, 0.6) is 0 Å². The molecular formula is C14H18O4. The summed E-state index contributed by atoms with van der Waals surface area (Å²) >= 11 is 0. The predicted molar refractivity (Wildman–Crippen MR) is 65.4 cm³/mol. The molecule has 0 aliphatic carbocycles. The Bertz CT molecular complexity index is 408. The molecule has 1 saturated heterocycles. The Morgan fingerprint density at radius 2 is 1.89 bits per heavy atom. The number of ether oxygens (including phenoxy) is 3. The minimum Gasteiger partial charge on any atom is -0.430 e. The molecule has 0 bridgehead atoms. The number of carbonyl (C=O) groups is 1. The zero-order chi connectivity index (χ0) is 13.2. The van der Waals surface area contributed by atoms with Crippen LogP contribution in [-0.4, -0.2) is 18.5 Å². The van der Waals surface area contributed by atoms with Crippen LogP contribution < -0.4 is 0 Å². The highest BCUT2D eigenvalue weighted by Crippen LogP contribution is 2.28. The summed E-state index contributed by atoms with van der Waals surface area (Å²) in [6.45, 7) is 5.86. The molecule has 0 aromatic heterocycles. The van der Waals surface area contributed by atoms with Gasteiger partial charge >= 0.3 is 5.97 Å². The first-order chi connectivity index (χ1) is 8.47. The van der Waals surface area contributed by atoms with E-state index >= 15 is 0 Å². The van der Waals surface area contributed by atoms with Crippen LogP contribution in [0.25, 0.3) is 0 Å². The van der Waals surface area contributed by atoms with Crippen molar-refractivity contribution in [2.24, 2.45) is 5.41 Å². The Hall–Kier alpha value is -1.39. The third-order valence-electron chi connectivity index (χ3n) is 2.51. The summed E-state index contributed by atoms with van der Waals surface area (Å²) in [6, 6.07) is 9.79. The predicted octanol–water partition coefficient (Wildman–Crippen LogP) is 2.47. The van der Waals surface area contributed by atoms with Gasteiger partial charge in [-0.05, 0) is 26.3 Å². The van der Waals surface area contributed by atoms with Gasteiger partial charge in [0.05, 0.1) is 12.0 Å². The summed E-state index contributed by atoms with van der Waals surface area (Å²) in [5.74, 6) is -0.279. The number of hydrogen-bond acceptors (Lipinski definition) is 4. The second-order valence-corrected chi connectivity index (χ2v) is 5.32. The third-order valence-corrected chi connectivity index (χ3v) is 2.51. The molecule has 1 aromatic carbocycles. The highest BCUT2D eigenvalue weighted by molar-refractivity contribution is 5.75. The van der Waals surface area contributed by atoms with Gasteiger partial charge in [0.1, 0.15) is 0 Å². The van der Waals surface area contributed by atoms with E-state index in [-0.39, 0.29) is 5.97 Å². The van der Waals surface area contributed by atoms with Crippen LogP contribution >= 0.6 is 0 Å². The molecule has 1 aliphatic rings. The molecule has 0 spiro atoms. The van der Waals surface area contributed by atoms with E-state index in [9.17, 15) is 4.79 Å². The molecule has 1 fully saturated rings. The summed E-state index contributed by atoms with van der Waals surface area (Å²) in [4.78, 5) is 11.6. The average Bonchev–Trinajstić information content (AvgIpc) is 3.05. The van der Waals surface area contributed by atoms with Gasteiger partial charge in [0.15, 0.2) is 0 Å². The molecule has 4 nitrogen and oxygen atoms in total. The number of esters is 1. The number of benzene rings is 1. The van der Waals surface area contributed by atoms with Gasteiger partial charge in [0.2, 0.25) is 6.29 Å². The summed E-state index contributed by atoms with van der Waals surface area (Å²) in [5.41, 5.74) is 0.546. The van der Waals surface area contributed by atoms with Crippen molar-refractivity contribution in [3.8, 4) is 0 Å². The van der Waals surface area contributed by atoms with Crippen molar-refractivity contribution in [2.75, 3.05) is 0 Å². The topological polar surface area (TPSA) is 48.1 Å². The maximum absolute atomic E-state index is 11.6. The van der Waals surface area contributed by atoms with Crippen molar-refractivity contribution < 1.29 is 19.0 Å². The lowest BCUT2D eigenvalue weighted by atomic mass is 9.97. The molecule has 0 radical (unpaired) electrons. The van der Waals surface area contributed by atoms with E-state index in [1.807, 2.05) is 30.3 Å². The number of epoxide rings is 1. The SMILES string of the molecule is CC(C)(C)C(=O)O[C@@H]1O[C@@H]1OCc1ccccc1. The smallest absolute Gasteiger partial charge is 0.313 e. The second kappa shape index (κ2) is 5.08. The number of hydrogen-bond donors (Lipinski definition) is 0. The fourth-order valence-electron chi connectivity index (χ4n) is 1.32. The maximum atomic E-state index is 11.6. The highest BCUT2D eigenvalue weighted by Gasteiger charge is 2.45. The number of carbonyl (C=O) groups excluding carboxylic acids is 1. The van der Waals surface area contributed by atoms with Gasteiger partial charge in [-0.15, -0.1) is 0 Å². The molecule has 0 unspecified atom stereocenters. The van der Waals surface area contributed by atoms with Gasteiger partial charge < -0.3 is 14.2 Å². The summed E-state index contributed by atoms with van der Waals surface area (Å²) in [5, 5.41) is 0. The molecule has 1 heterocycles. The molecule has 2 rings (SSSR count). The van der Waals surface area contributed by atoms with Crippen LogP contribution in [0.15, 0.2) is 30.3 Å². The first-order valence-corrected chi connectivity index (χ1v) is 5.99. The Kier molecular flexibility index (Phi) is 3.68. The zero-order valence-corrected chi connectivity index (χ0v) is 10.9. The number of rotatable bonds is 4. The van der Waals surface area contributed by atoms with Gasteiger partial charge in [-0.3, -0.25) is 4.79 Å². The summed E-state index contributed by atoms with van der Waals surface area (Å²) in [7, 11) is 0. The molecule has 4 heteroatoms. The molecule has 18 heavy (non-hydrogen) atoms. The normalized spacial score (nSPS) is 22.6. The maximum Gasteiger partial charge on any atom is 0.313 e. The highest BCUT2D eigenvalue weighted by atomic mass is 16.9. The Balaban J connectivity index is 1.71. The van der Waals surface area contributed by atoms with Gasteiger partial charge in [0.25, 0.3) is 6.29 Å². The van der Waals surface area contributed by atoms with Crippen molar-refractivity contribution in [1.82, 2.24) is 0 Å². The van der Waals surface area contributed by atoms with Gasteiger partial charge in [-0.1, -0.05) is 30.3 Å². The molecule has 0 saturated carbocycles. The fourth-order valence-corrected chi connectivity index (χ4v) is 1.32. The lowest BCUT2D eigenvalue weighted by Crippen LogP contribution is -2.24. The quantitative estimate of drug-likeness (QED) is 0.608. The van der Waals surface area contributed by atoms with Crippen molar-refractivity contribution in [2.45, 2.75) is 40.0 Å². The van der Waals surface area contributed by atoms with Crippen LogP contribution in [0.3, 0.4) is 0 Å². The minimum absolute atomic E-state index is 0.279. The first kappa shape index (κ1) is 13.1. The van der Waals surface area contributed by atoms with Crippen molar-refractivity contribution in [1.29, 1.82) is 0 Å². The van der Waals surface area contributed by atoms with E-state index in [2.05, 4.69) is 0 Å². The Morgan fingerprint density at radius 1 is 1.22 bits per heavy atom. The lowest BCUT2D eigenvalue weighted by Gasteiger charge is -2.14. The van der Waals surface area contributed by atoms with Crippen molar-refractivity contribution >= 4 is 5.97 Å². The monoisotopic (exact) mass is 250 g/mol. The van der Waals surface area contributed by atoms with E-state index in [0.717, 1.165) is 5.56 Å². The van der Waals surface area contributed by atoms with E-state index in [4.69, 9.17) is 14.2 Å². The second-order valence-electron chi connectivity index (χ2n) is 5.32. The molecule has 0 N–H and O–H groups in total. The van der Waals surface area contributed by atoms with Crippen LogP contribution in [0.4, 0.5) is 0 Å². The lowest BCUT2D eigenvalue weighted by molar-refractivity contribution is -0.158. The van der Waals surface area contributed by atoms with Crippen LogP contribution in [0, 0.1) is 5.41 Å². The Labute approximate surface area is 107 Å². The third kappa shape index (κ3) is 3.55. The van der Waals surface area contributed by atoms with E-state index in [0.29, 0.717) is 6.61 Å². The van der Waals surface area contributed by atoms with Gasteiger partial charge in [-0.2, -0.15) is 0 Å². The van der Waals surface area contributed by atoms with E-state index < -0.39 is 18.0 Å². The van der Waals surface area contributed by atoms with Crippen LogP contribution in [0.2, 0.25) is 0 Å². The van der Waals surface area contributed by atoms with E-state index in [1.54, 1.807) is 20.8 Å². The molecular weight excluding hydrogens is 232 g/mol. The summed E-state index contributed by atoms with van der Waals surface area (Å²) < 4.78 is 15.7. The van der Waals surface area contributed by atoms with Crippen molar-refractivity contribution in [3.63, 3.8) is 0 Å². The van der Waals surface area contributed by atoms with Gasteiger partial charge in [-0.25, -0.2) is 0 Å². The molecule has 0 amide bonds. The summed E-state index contributed by atoms with van der Waals surface area (Å²) in [6.07, 6.45) is -0.989. The van der Waals surface area contributed by atoms with Crippen LogP contribution in [-0.2, 0) is 25.6 Å². The van der Waals surface area contributed by atoms with Crippen LogP contribution in [0.1, 0.15) is 26.3 Å². The fraction of sp³-hybridized carbons (Fsp3) is 0.500. The molecule has 2 atom stereocenters. The van der Waals surface area contributed by atoms with E-state index in [1.165, 1.54) is 0 Å². The largest absolute Gasteiger partial charge is 0.430 e. The molecule has 98 valence electrons. The molecule has 1 aromatic rings. The first-order valence-electron chi connectivity index (χ1n) is 5.99. The zero-order valence-electron chi connectivity index (χ0n) is 10.9. The minimum atomic E-state index is -0.555. The average molecular weight is 250 g/mol.